The third-order valence-electron chi connectivity index (χ3n) is 17.7. The van der Waals surface area contributed by atoms with Gasteiger partial charge in [0.1, 0.15) is 0 Å². The lowest BCUT2D eigenvalue weighted by atomic mass is 9.67. The second kappa shape index (κ2) is 22.3. The first-order valence-corrected chi connectivity index (χ1v) is 44.3. The molecule has 0 saturated heterocycles. The lowest BCUT2D eigenvalue weighted by Crippen LogP contribution is -2.38. The molecule has 0 fully saturated rings. The monoisotopic (exact) mass is 1180 g/mol. The summed E-state index contributed by atoms with van der Waals surface area (Å²) in [5.41, 5.74) is 22.2. The number of hydrogen-bond acceptors (Lipinski definition) is 4. The number of nitrogens with zero attached hydrogens (tertiary/aromatic N) is 4. The predicted molar refractivity (Wildman–Crippen MR) is 378 cm³/mol. The fourth-order valence-corrected chi connectivity index (χ4v) is 17.4. The molecule has 0 amide bonds. The van der Waals surface area contributed by atoms with E-state index in [0.717, 1.165) is 39.6 Å². The van der Waals surface area contributed by atoms with Gasteiger partial charge in [-0.05, 0) is 140 Å². The molecule has 0 spiro atoms. The van der Waals surface area contributed by atoms with E-state index in [1.54, 1.807) is 0 Å². The molecule has 8 aromatic carbocycles. The van der Waals surface area contributed by atoms with Crippen LogP contribution < -0.4 is 30.5 Å². The second-order valence-electron chi connectivity index (χ2n) is 27.7. The van der Waals surface area contributed by atoms with Gasteiger partial charge in [0.05, 0.1) is 73.0 Å². The van der Waals surface area contributed by atoms with Crippen molar-refractivity contribution in [3.8, 4) is 56.6 Å². The molecular formula is C78H76N4Si4. The molecular weight excluding hydrogens is 1110 g/mol. The molecule has 0 heterocycles. The smallest absolute Gasteiger partial charge is 0.0991 e. The van der Waals surface area contributed by atoms with E-state index in [-0.39, 0.29) is 12.0 Å². The fraction of sp³-hybridized carbons (Fsp3) is 0.179. The van der Waals surface area contributed by atoms with Crippen LogP contribution in [-0.4, -0.2) is 38.3 Å². The molecule has 4 aliphatic carbocycles. The molecule has 0 aliphatic heterocycles. The molecule has 4 nitrogen and oxygen atoms in total. The van der Waals surface area contributed by atoms with E-state index in [1.165, 1.54) is 82.0 Å². The van der Waals surface area contributed by atoms with Crippen LogP contribution in [0, 0.1) is 28.6 Å². The standard InChI is InChI=1S/C78H76N4Si4/c1-83(2,3)65-21-13-17-57(45-65)59-33-43-75(71(49-59)61-19-15-23-67(47-61)85(7,8)9)81(63-35-25-53(51-79)26-36-63)73-41-31-55-30-40-70-74(42-32-56-29-39-69(73)77(55)78(56)70)82(64-37-27-54(52-80)28-38-64)76-44-34-60(58-18-14-22-66(46-58)84(4,5)6)50-72(76)62-20-16-24-68(48-62)86(10,11)12/h13-50,73,78H,1-12H3. The highest BCUT2D eigenvalue weighted by molar-refractivity contribution is 6.90. The van der Waals surface area contributed by atoms with Gasteiger partial charge in [-0.3, -0.25) is 0 Å². The maximum Gasteiger partial charge on any atom is 0.0991 e. The Hall–Kier alpha value is -8.61. The molecule has 8 heteroatoms. The Balaban J connectivity index is 1.04. The Morgan fingerprint density at radius 3 is 1.33 bits per heavy atom. The van der Waals surface area contributed by atoms with Gasteiger partial charge in [-0.2, -0.15) is 10.5 Å². The minimum Gasteiger partial charge on any atom is -0.330 e. The van der Waals surface area contributed by atoms with Crippen molar-refractivity contribution >= 4 is 75.8 Å². The van der Waals surface area contributed by atoms with Crippen LogP contribution in [0.25, 0.3) is 44.5 Å². The van der Waals surface area contributed by atoms with Crippen molar-refractivity contribution < 1.29 is 0 Å². The first-order valence-electron chi connectivity index (χ1n) is 30.3. The van der Waals surface area contributed by atoms with Gasteiger partial charge >= 0.3 is 0 Å². The van der Waals surface area contributed by atoms with E-state index < -0.39 is 32.3 Å². The molecule has 0 radical (unpaired) electrons. The molecule has 0 saturated carbocycles. The summed E-state index contributed by atoms with van der Waals surface area (Å²) in [5.74, 6) is -0.0673. The van der Waals surface area contributed by atoms with Gasteiger partial charge in [0.15, 0.2) is 0 Å². The van der Waals surface area contributed by atoms with Crippen LogP contribution in [0.2, 0.25) is 78.6 Å². The molecule has 86 heavy (non-hydrogen) atoms. The zero-order valence-corrected chi connectivity index (χ0v) is 55.9. The van der Waals surface area contributed by atoms with Gasteiger partial charge < -0.3 is 9.80 Å². The average molecular weight is 1180 g/mol. The quantitative estimate of drug-likeness (QED) is 0.102. The van der Waals surface area contributed by atoms with Crippen molar-refractivity contribution in [2.45, 2.75) is 84.6 Å². The summed E-state index contributed by atoms with van der Waals surface area (Å²) in [6, 6.07) is 72.1. The molecule has 2 unspecified atom stereocenters. The third-order valence-corrected chi connectivity index (χ3v) is 25.9. The zero-order valence-electron chi connectivity index (χ0n) is 51.9. The van der Waals surface area contributed by atoms with Crippen LogP contribution in [0.15, 0.2) is 264 Å². The molecule has 0 N–H and O–H groups in total. The number of hydrogen-bond donors (Lipinski definition) is 0. The molecule has 4 aliphatic rings. The van der Waals surface area contributed by atoms with Crippen molar-refractivity contribution in [3.05, 3.63) is 275 Å². The number of anilines is 4. The molecule has 0 bridgehead atoms. The van der Waals surface area contributed by atoms with Gasteiger partial charge in [-0.1, -0.05) is 251 Å². The second-order valence-corrected chi connectivity index (χ2v) is 48.0. The van der Waals surface area contributed by atoms with E-state index in [2.05, 4.69) is 307 Å². The molecule has 0 aromatic heterocycles. The lowest BCUT2D eigenvalue weighted by Gasteiger charge is -2.44. The Morgan fingerprint density at radius 1 is 0.395 bits per heavy atom. The Labute approximate surface area is 515 Å². The van der Waals surface area contributed by atoms with Crippen molar-refractivity contribution in [1.29, 1.82) is 10.5 Å². The van der Waals surface area contributed by atoms with Crippen molar-refractivity contribution in [2.75, 3.05) is 9.80 Å². The summed E-state index contributed by atoms with van der Waals surface area (Å²) in [6.07, 6.45) is 18.8. The highest BCUT2D eigenvalue weighted by atomic mass is 28.3. The third kappa shape index (κ3) is 11.2. The summed E-state index contributed by atoms with van der Waals surface area (Å²) in [4.78, 5) is 4.98. The van der Waals surface area contributed by atoms with Crippen molar-refractivity contribution in [3.63, 3.8) is 0 Å². The van der Waals surface area contributed by atoms with E-state index in [9.17, 15) is 10.5 Å². The largest absolute Gasteiger partial charge is 0.330 e. The molecule has 12 rings (SSSR count). The SMILES string of the molecule is C[Si](C)(C)c1cccc(-c2ccc(N(C3=C4C=CC5=C6C(=CC=C(C=C3)C46)C(N(c3ccc(C#N)cc3)c3ccc(-c4cccc([Si](C)(C)C)c4)cc3-c3cccc([Si](C)(C)C)c3)C=C5)c3ccc(C#N)cc3)c(-c3cccc([Si](C)(C)C)c3)c2)c1. The van der Waals surface area contributed by atoms with E-state index in [1.807, 2.05) is 24.3 Å². The van der Waals surface area contributed by atoms with Crippen molar-refractivity contribution in [1.82, 2.24) is 0 Å². The predicted octanol–water partition coefficient (Wildman–Crippen LogP) is 18.4. The lowest BCUT2D eigenvalue weighted by molar-refractivity contribution is 0.773. The Kier molecular flexibility index (Phi) is 15.0. The first-order chi connectivity index (χ1) is 41.0. The maximum atomic E-state index is 10.2. The summed E-state index contributed by atoms with van der Waals surface area (Å²) in [7, 11) is -6.67. The highest BCUT2D eigenvalue weighted by Crippen LogP contribution is 2.53. The first kappa shape index (κ1) is 57.8. The van der Waals surface area contributed by atoms with Gasteiger partial charge in [-0.25, -0.2) is 0 Å². The highest BCUT2D eigenvalue weighted by Gasteiger charge is 2.41. The molecule has 424 valence electrons. The Bertz CT molecular complexity index is 4350. The number of benzene rings is 8. The minimum absolute atomic E-state index is 0.0673. The summed E-state index contributed by atoms with van der Waals surface area (Å²) >= 11 is 0. The number of nitriles is 2. The van der Waals surface area contributed by atoms with Crippen LogP contribution in [0.1, 0.15) is 11.1 Å². The zero-order chi connectivity index (χ0) is 60.5. The number of rotatable bonds is 14. The van der Waals surface area contributed by atoms with Crippen molar-refractivity contribution in [2.24, 2.45) is 5.92 Å². The number of allylic oxidation sites excluding steroid dienone is 10. The van der Waals surface area contributed by atoms with Gasteiger partial charge in [0.2, 0.25) is 0 Å². The fourth-order valence-electron chi connectivity index (χ4n) is 12.7. The van der Waals surface area contributed by atoms with Crippen LogP contribution in [0.4, 0.5) is 22.7 Å². The normalized spacial score (nSPS) is 16.3. The van der Waals surface area contributed by atoms with E-state index in [4.69, 9.17) is 0 Å². The van der Waals surface area contributed by atoms with Gasteiger partial charge in [0.25, 0.3) is 0 Å². The summed E-state index contributed by atoms with van der Waals surface area (Å²) in [6.45, 7) is 29.1. The summed E-state index contributed by atoms with van der Waals surface area (Å²) in [5, 5.41) is 26.0. The van der Waals surface area contributed by atoms with Crippen LogP contribution in [0.3, 0.4) is 0 Å². The minimum atomic E-state index is -1.72. The van der Waals surface area contributed by atoms with Gasteiger partial charge in [0, 0.05) is 34.1 Å². The summed E-state index contributed by atoms with van der Waals surface area (Å²) < 4.78 is 0. The average Bonchev–Trinajstić information content (AvgIpc) is 0.790. The molecule has 8 aromatic rings. The Morgan fingerprint density at radius 2 is 0.837 bits per heavy atom. The van der Waals surface area contributed by atoms with Crippen LogP contribution in [-0.2, 0) is 0 Å². The van der Waals surface area contributed by atoms with Crippen LogP contribution >= 0.6 is 0 Å². The van der Waals surface area contributed by atoms with E-state index in [0.29, 0.717) is 11.1 Å². The van der Waals surface area contributed by atoms with E-state index >= 15 is 0 Å². The maximum absolute atomic E-state index is 10.2. The topological polar surface area (TPSA) is 54.1 Å². The van der Waals surface area contributed by atoms with Crippen LogP contribution in [0.5, 0.6) is 0 Å². The van der Waals surface area contributed by atoms with Gasteiger partial charge in [-0.15, -0.1) is 0 Å². The molecule has 2 atom stereocenters.